The Bertz CT molecular complexity index is 1410. The highest BCUT2D eigenvalue weighted by Gasteiger charge is 2.37. The number of nitrogens with zero attached hydrogens (tertiary/aromatic N) is 2. The summed E-state index contributed by atoms with van der Waals surface area (Å²) in [5.74, 6) is 0.409. The van der Waals surface area contributed by atoms with E-state index < -0.39 is 22.0 Å². The summed E-state index contributed by atoms with van der Waals surface area (Å²) in [6.07, 6.45) is 1.43. The molecule has 2 aliphatic heterocycles. The maximum absolute atomic E-state index is 13.6. The van der Waals surface area contributed by atoms with Gasteiger partial charge in [0.15, 0.2) is 6.10 Å². The summed E-state index contributed by atoms with van der Waals surface area (Å²) in [5.41, 5.74) is 2.46. The Morgan fingerprint density at radius 2 is 1.79 bits per heavy atom. The van der Waals surface area contributed by atoms with Crippen LogP contribution < -0.4 is 19.1 Å². The zero-order valence-corrected chi connectivity index (χ0v) is 22.7. The summed E-state index contributed by atoms with van der Waals surface area (Å²) in [7, 11) is -2.50. The number of fused-ring (bicyclic) bond motifs is 1. The molecule has 2 aliphatic rings. The smallest absolute Gasteiger partial charge is 0.264 e. The molecular formula is C28H30ClN3O5S. The molecule has 3 aromatic carbocycles. The van der Waals surface area contributed by atoms with Crippen molar-refractivity contribution >= 4 is 33.2 Å². The Morgan fingerprint density at radius 1 is 1.05 bits per heavy atom. The highest BCUT2D eigenvalue weighted by Crippen LogP contribution is 2.39. The molecule has 1 N–H and O–H groups in total. The van der Waals surface area contributed by atoms with Gasteiger partial charge in [-0.1, -0.05) is 35.9 Å². The average Bonchev–Trinajstić information content (AvgIpc) is 3.44. The van der Waals surface area contributed by atoms with Crippen LogP contribution in [-0.4, -0.2) is 52.1 Å². The molecule has 200 valence electrons. The molecular weight excluding hydrogens is 526 g/mol. The molecule has 10 heteroatoms. The second-order valence-corrected chi connectivity index (χ2v) is 11.7. The second kappa shape index (κ2) is 11.2. The van der Waals surface area contributed by atoms with Gasteiger partial charge in [-0.25, -0.2) is 8.42 Å². The van der Waals surface area contributed by atoms with E-state index >= 15 is 0 Å². The Balaban J connectivity index is 1.33. The molecule has 3 aromatic rings. The van der Waals surface area contributed by atoms with Crippen molar-refractivity contribution in [3.8, 4) is 11.5 Å². The van der Waals surface area contributed by atoms with Gasteiger partial charge < -0.3 is 14.8 Å². The number of carbonyl (C=O) groups excluding carboxylic acids is 1. The quantitative estimate of drug-likeness (QED) is 0.448. The first-order chi connectivity index (χ1) is 18.3. The van der Waals surface area contributed by atoms with Crippen molar-refractivity contribution in [1.29, 1.82) is 0 Å². The molecule has 8 nitrogen and oxygen atoms in total. The molecule has 0 aliphatic carbocycles. The van der Waals surface area contributed by atoms with Crippen LogP contribution in [-0.2, 0) is 27.9 Å². The fourth-order valence-electron chi connectivity index (χ4n) is 4.80. The predicted molar refractivity (Wildman–Crippen MR) is 146 cm³/mol. The van der Waals surface area contributed by atoms with Crippen LogP contribution in [0.4, 0.5) is 5.69 Å². The maximum Gasteiger partial charge on any atom is 0.264 e. The minimum atomic E-state index is -4.01. The summed E-state index contributed by atoms with van der Waals surface area (Å²) in [6, 6.07) is 19.0. The first-order valence-corrected chi connectivity index (χ1v) is 14.4. The monoisotopic (exact) mass is 555 g/mol. The number of hydrogen-bond donors (Lipinski definition) is 1. The molecule has 1 unspecified atom stereocenters. The van der Waals surface area contributed by atoms with Crippen LogP contribution in [0.5, 0.6) is 11.5 Å². The van der Waals surface area contributed by atoms with Gasteiger partial charge in [0.05, 0.1) is 24.2 Å². The third kappa shape index (κ3) is 5.75. The van der Waals surface area contributed by atoms with Gasteiger partial charge in [-0.05, 0) is 79.5 Å². The van der Waals surface area contributed by atoms with Crippen molar-refractivity contribution in [2.75, 3.05) is 31.0 Å². The molecule has 5 rings (SSSR count). The lowest BCUT2D eigenvalue weighted by atomic mass is 10.1. The zero-order valence-electron chi connectivity index (χ0n) is 21.1. The third-order valence-corrected chi connectivity index (χ3v) is 8.82. The second-order valence-electron chi connectivity index (χ2n) is 9.45. The molecule has 0 radical (unpaired) electrons. The Morgan fingerprint density at radius 3 is 2.53 bits per heavy atom. The number of anilines is 1. The van der Waals surface area contributed by atoms with Gasteiger partial charge in [0.2, 0.25) is 0 Å². The van der Waals surface area contributed by atoms with E-state index in [1.54, 1.807) is 24.3 Å². The first kappa shape index (κ1) is 26.3. The van der Waals surface area contributed by atoms with Gasteiger partial charge in [-0.2, -0.15) is 0 Å². The molecule has 2 heterocycles. The first-order valence-electron chi connectivity index (χ1n) is 12.5. The van der Waals surface area contributed by atoms with E-state index in [9.17, 15) is 13.2 Å². The maximum atomic E-state index is 13.6. The summed E-state index contributed by atoms with van der Waals surface area (Å²) in [5, 5.41) is 3.28. The molecule has 38 heavy (non-hydrogen) atoms. The van der Waals surface area contributed by atoms with Gasteiger partial charge in [0, 0.05) is 18.1 Å². The highest BCUT2D eigenvalue weighted by atomic mass is 35.5. The van der Waals surface area contributed by atoms with Gasteiger partial charge in [-0.15, -0.1) is 0 Å². The van der Waals surface area contributed by atoms with Crippen LogP contribution >= 0.6 is 11.6 Å². The average molecular weight is 556 g/mol. The lowest BCUT2D eigenvalue weighted by Crippen LogP contribution is -2.50. The molecule has 1 saturated heterocycles. The third-order valence-electron chi connectivity index (χ3n) is 6.79. The topological polar surface area (TPSA) is 88.2 Å². The standard InChI is InChI=1S/C28H30ClN3O5S/c1-36-23-8-10-24(11-9-23)38(34,35)32-19-27(37-26-12-7-22(29)16-25(26)32)28(33)30-17-20-5-4-6-21(15-20)18-31-13-2-3-14-31/h4-12,15-16,27H,2-3,13-14,17-19H2,1H3,(H,30,33). The van der Waals surface area contributed by atoms with Crippen LogP contribution in [0, 0.1) is 0 Å². The lowest BCUT2D eigenvalue weighted by Gasteiger charge is -2.35. The van der Waals surface area contributed by atoms with Crippen molar-refractivity contribution in [2.45, 2.75) is 36.9 Å². The highest BCUT2D eigenvalue weighted by molar-refractivity contribution is 7.92. The number of hydrogen-bond acceptors (Lipinski definition) is 6. The van der Waals surface area contributed by atoms with Gasteiger partial charge >= 0.3 is 0 Å². The number of benzene rings is 3. The van der Waals surface area contributed by atoms with Crippen LogP contribution in [0.15, 0.2) is 71.6 Å². The van der Waals surface area contributed by atoms with Crippen LogP contribution in [0.3, 0.4) is 0 Å². The SMILES string of the molecule is COc1ccc(S(=O)(=O)N2CC(C(=O)NCc3cccc(CN4CCCC4)c3)Oc3ccc(Cl)cc32)cc1. The minimum absolute atomic E-state index is 0.0695. The Kier molecular flexibility index (Phi) is 7.78. The Hall–Kier alpha value is -3.27. The number of halogens is 1. The van der Waals surface area contributed by atoms with Crippen LogP contribution in [0.25, 0.3) is 0 Å². The van der Waals surface area contributed by atoms with Crippen LogP contribution in [0.1, 0.15) is 24.0 Å². The van der Waals surface area contributed by atoms with Crippen molar-refractivity contribution in [1.82, 2.24) is 10.2 Å². The fraction of sp³-hybridized carbons (Fsp3) is 0.321. The van der Waals surface area contributed by atoms with E-state index in [1.807, 2.05) is 12.1 Å². The molecule has 1 atom stereocenters. The van der Waals surface area contributed by atoms with E-state index in [4.69, 9.17) is 21.1 Å². The van der Waals surface area contributed by atoms with Crippen LogP contribution in [0.2, 0.25) is 5.02 Å². The number of ether oxygens (including phenoxy) is 2. The van der Waals surface area contributed by atoms with Crippen molar-refractivity contribution in [3.63, 3.8) is 0 Å². The van der Waals surface area contributed by atoms with E-state index in [2.05, 4.69) is 22.3 Å². The number of sulfonamides is 1. The number of methoxy groups -OCH3 is 1. The molecule has 1 fully saturated rings. The number of carbonyl (C=O) groups is 1. The van der Waals surface area contributed by atoms with Gasteiger partial charge in [0.1, 0.15) is 11.5 Å². The lowest BCUT2D eigenvalue weighted by molar-refractivity contribution is -0.127. The molecule has 0 saturated carbocycles. The summed E-state index contributed by atoms with van der Waals surface area (Å²) in [6.45, 7) is 3.24. The van der Waals surface area contributed by atoms with E-state index in [-0.39, 0.29) is 22.9 Å². The minimum Gasteiger partial charge on any atom is -0.497 e. The molecule has 0 spiro atoms. The molecule has 0 bridgehead atoms. The normalized spacial score (nSPS) is 17.5. The largest absolute Gasteiger partial charge is 0.497 e. The molecule has 0 aromatic heterocycles. The predicted octanol–water partition coefficient (Wildman–Crippen LogP) is 4.22. The van der Waals surface area contributed by atoms with Gasteiger partial charge in [-0.3, -0.25) is 14.0 Å². The van der Waals surface area contributed by atoms with Crippen molar-refractivity contribution < 1.29 is 22.7 Å². The number of likely N-dealkylation sites (tertiary alicyclic amines) is 1. The van der Waals surface area contributed by atoms with E-state index in [1.165, 1.54) is 48.0 Å². The van der Waals surface area contributed by atoms with Crippen molar-refractivity contribution in [2.24, 2.45) is 0 Å². The zero-order chi connectivity index (χ0) is 26.7. The summed E-state index contributed by atoms with van der Waals surface area (Å²) < 4.78 is 39.6. The van der Waals surface area contributed by atoms with E-state index in [0.29, 0.717) is 17.3 Å². The number of nitrogens with one attached hydrogen (secondary N) is 1. The van der Waals surface area contributed by atoms with Crippen molar-refractivity contribution in [3.05, 3.63) is 82.9 Å². The number of rotatable bonds is 8. The summed E-state index contributed by atoms with van der Waals surface area (Å²) in [4.78, 5) is 15.7. The fourth-order valence-corrected chi connectivity index (χ4v) is 6.44. The molecule has 1 amide bonds. The van der Waals surface area contributed by atoms with Gasteiger partial charge in [0.25, 0.3) is 15.9 Å². The number of amides is 1. The Labute approximate surface area is 228 Å². The van der Waals surface area contributed by atoms with E-state index in [0.717, 1.165) is 25.2 Å². The summed E-state index contributed by atoms with van der Waals surface area (Å²) >= 11 is 6.18.